The first-order valence-corrected chi connectivity index (χ1v) is 10.1. The number of nitrogens with zero attached hydrogens (tertiary/aromatic N) is 2. The van der Waals surface area contributed by atoms with Crippen LogP contribution in [0.2, 0.25) is 5.02 Å². The zero-order chi connectivity index (χ0) is 23.3. The smallest absolute Gasteiger partial charge is 0.336 e. The number of hydrogen-bond acceptors (Lipinski definition) is 7. The first-order valence-electron chi connectivity index (χ1n) is 9.68. The molecule has 32 heavy (non-hydrogen) atoms. The zero-order valence-corrected chi connectivity index (χ0v) is 18.2. The number of benzene rings is 2. The summed E-state index contributed by atoms with van der Waals surface area (Å²) in [7, 11) is 2.48. The van der Waals surface area contributed by atoms with Crippen LogP contribution >= 0.6 is 11.6 Å². The second kappa shape index (κ2) is 10.1. The monoisotopic (exact) mass is 456 g/mol. The largest absolute Gasteiger partial charge is 0.466 e. The van der Waals surface area contributed by atoms with E-state index < -0.39 is 22.8 Å². The highest BCUT2D eigenvalue weighted by Gasteiger charge is 2.35. The third-order valence-electron chi connectivity index (χ3n) is 5.06. The average Bonchev–Trinajstić information content (AvgIpc) is 2.82. The Morgan fingerprint density at radius 1 is 1.03 bits per heavy atom. The highest BCUT2D eigenvalue weighted by atomic mass is 35.5. The Hall–Kier alpha value is -3.65. The number of non-ortho nitro benzene ring substituents is 1. The summed E-state index contributed by atoms with van der Waals surface area (Å²) in [4.78, 5) is 37.7. The van der Waals surface area contributed by atoms with Crippen molar-refractivity contribution in [3.05, 3.63) is 98.3 Å². The number of esters is 2. The van der Waals surface area contributed by atoms with Gasteiger partial charge in [0.2, 0.25) is 0 Å². The molecule has 0 radical (unpaired) electrons. The molecule has 166 valence electrons. The molecule has 0 fully saturated rings. The minimum atomic E-state index is -0.874. The summed E-state index contributed by atoms with van der Waals surface area (Å²) in [5.74, 6) is -2.17. The van der Waals surface area contributed by atoms with Gasteiger partial charge in [0, 0.05) is 36.1 Å². The SMILES string of the molecule is COC(=O)C1=CN(CCc2ccc(Cl)cc2)C=C(C(=O)OC)C1c1cccc([N+](=O)[O-])c1. The van der Waals surface area contributed by atoms with Gasteiger partial charge < -0.3 is 14.4 Å². The van der Waals surface area contributed by atoms with Crippen molar-refractivity contribution < 1.29 is 24.0 Å². The molecular formula is C23H21ClN2O6. The van der Waals surface area contributed by atoms with Gasteiger partial charge in [-0.05, 0) is 29.7 Å². The fourth-order valence-electron chi connectivity index (χ4n) is 3.50. The molecule has 0 aliphatic carbocycles. The van der Waals surface area contributed by atoms with Gasteiger partial charge in [-0.3, -0.25) is 10.1 Å². The minimum Gasteiger partial charge on any atom is -0.466 e. The van der Waals surface area contributed by atoms with Gasteiger partial charge in [-0.2, -0.15) is 0 Å². The molecule has 0 saturated heterocycles. The molecule has 0 N–H and O–H groups in total. The number of rotatable bonds is 7. The highest BCUT2D eigenvalue weighted by Crippen LogP contribution is 2.38. The predicted molar refractivity (Wildman–Crippen MR) is 118 cm³/mol. The Balaban J connectivity index is 2.00. The van der Waals surface area contributed by atoms with Crippen LogP contribution in [0.5, 0.6) is 0 Å². The molecule has 0 saturated carbocycles. The van der Waals surface area contributed by atoms with Crippen LogP contribution in [-0.2, 0) is 25.5 Å². The third kappa shape index (κ3) is 5.15. The maximum Gasteiger partial charge on any atom is 0.336 e. The minimum absolute atomic E-state index is 0.152. The second-order valence-electron chi connectivity index (χ2n) is 7.05. The van der Waals surface area contributed by atoms with Gasteiger partial charge >= 0.3 is 11.9 Å². The number of halogens is 1. The lowest BCUT2D eigenvalue weighted by Gasteiger charge is -2.30. The molecule has 9 heteroatoms. The summed E-state index contributed by atoms with van der Waals surface area (Å²) in [5, 5.41) is 11.9. The Morgan fingerprint density at radius 2 is 1.62 bits per heavy atom. The molecule has 1 aliphatic rings. The molecule has 0 unspecified atom stereocenters. The molecule has 0 bridgehead atoms. The summed E-state index contributed by atoms with van der Waals surface area (Å²) in [6, 6.07) is 13.2. The number of methoxy groups -OCH3 is 2. The summed E-state index contributed by atoms with van der Waals surface area (Å²) in [6.07, 6.45) is 3.81. The van der Waals surface area contributed by atoms with Crippen molar-refractivity contribution in [1.29, 1.82) is 0 Å². The maximum absolute atomic E-state index is 12.6. The lowest BCUT2D eigenvalue weighted by Crippen LogP contribution is -2.29. The van der Waals surface area contributed by atoms with Crippen LogP contribution in [0.15, 0.2) is 72.1 Å². The Bertz CT molecular complexity index is 1060. The molecule has 0 spiro atoms. The van der Waals surface area contributed by atoms with E-state index in [-0.39, 0.29) is 16.8 Å². The molecule has 0 atom stereocenters. The van der Waals surface area contributed by atoms with E-state index in [0.717, 1.165) is 5.56 Å². The van der Waals surface area contributed by atoms with Gasteiger partial charge in [0.1, 0.15) is 0 Å². The molecule has 2 aromatic rings. The first kappa shape index (κ1) is 23.0. The number of carbonyl (C=O) groups excluding carboxylic acids is 2. The van der Waals surface area contributed by atoms with E-state index in [1.807, 2.05) is 12.1 Å². The number of nitro groups is 1. The van der Waals surface area contributed by atoms with E-state index in [0.29, 0.717) is 23.6 Å². The molecule has 0 aromatic heterocycles. The molecule has 3 rings (SSSR count). The molecule has 1 heterocycles. The van der Waals surface area contributed by atoms with Crippen molar-refractivity contribution in [1.82, 2.24) is 4.90 Å². The van der Waals surface area contributed by atoms with Gasteiger partial charge in [0.15, 0.2) is 0 Å². The van der Waals surface area contributed by atoms with E-state index in [2.05, 4.69) is 0 Å². The summed E-state index contributed by atoms with van der Waals surface area (Å²) < 4.78 is 9.89. The van der Waals surface area contributed by atoms with E-state index in [4.69, 9.17) is 21.1 Å². The lowest BCUT2D eigenvalue weighted by molar-refractivity contribution is -0.384. The second-order valence-corrected chi connectivity index (χ2v) is 7.49. The lowest BCUT2D eigenvalue weighted by atomic mass is 9.83. The third-order valence-corrected chi connectivity index (χ3v) is 5.31. The standard InChI is InChI=1S/C23H21ClN2O6/c1-31-22(27)19-13-25(11-10-15-6-8-17(24)9-7-15)14-20(23(28)32-2)21(19)16-4-3-5-18(12-16)26(29)30/h3-9,12-14,21H,10-11H2,1-2H3. The fraction of sp³-hybridized carbons (Fsp3) is 0.217. The highest BCUT2D eigenvalue weighted by molar-refractivity contribution is 6.30. The van der Waals surface area contributed by atoms with Crippen molar-refractivity contribution in [3.8, 4) is 0 Å². The van der Waals surface area contributed by atoms with Crippen molar-refractivity contribution in [2.24, 2.45) is 0 Å². The molecule has 1 aliphatic heterocycles. The summed E-state index contributed by atoms with van der Waals surface area (Å²) in [5.41, 5.74) is 1.63. The van der Waals surface area contributed by atoms with Crippen molar-refractivity contribution in [2.75, 3.05) is 20.8 Å². The molecular weight excluding hydrogens is 436 g/mol. The van der Waals surface area contributed by atoms with Gasteiger partial charge in [-0.25, -0.2) is 9.59 Å². The van der Waals surface area contributed by atoms with Crippen LogP contribution < -0.4 is 0 Å². The Morgan fingerprint density at radius 3 is 2.16 bits per heavy atom. The molecule has 8 nitrogen and oxygen atoms in total. The molecule has 2 aromatic carbocycles. The predicted octanol–water partition coefficient (Wildman–Crippen LogP) is 4.00. The quantitative estimate of drug-likeness (QED) is 0.352. The number of hydrogen-bond donors (Lipinski definition) is 0. The van der Waals surface area contributed by atoms with Crippen LogP contribution in [0.4, 0.5) is 5.69 Å². The van der Waals surface area contributed by atoms with Crippen LogP contribution in [0.3, 0.4) is 0 Å². The molecule has 0 amide bonds. The zero-order valence-electron chi connectivity index (χ0n) is 17.5. The van der Waals surface area contributed by atoms with Gasteiger partial charge in [0.25, 0.3) is 5.69 Å². The van der Waals surface area contributed by atoms with Crippen molar-refractivity contribution in [2.45, 2.75) is 12.3 Å². The van der Waals surface area contributed by atoms with Gasteiger partial charge in [-0.15, -0.1) is 0 Å². The van der Waals surface area contributed by atoms with Crippen molar-refractivity contribution in [3.63, 3.8) is 0 Å². The topological polar surface area (TPSA) is 99.0 Å². The number of nitro benzene ring substituents is 1. The normalized spacial score (nSPS) is 13.8. The van der Waals surface area contributed by atoms with Crippen LogP contribution in [-0.4, -0.2) is 42.5 Å². The average molecular weight is 457 g/mol. The van der Waals surface area contributed by atoms with Gasteiger partial charge in [0.05, 0.1) is 36.2 Å². The Labute approximate surface area is 189 Å². The number of ether oxygens (including phenoxy) is 2. The van der Waals surface area contributed by atoms with E-state index >= 15 is 0 Å². The van der Waals surface area contributed by atoms with Crippen LogP contribution in [0.1, 0.15) is 17.0 Å². The van der Waals surface area contributed by atoms with E-state index in [9.17, 15) is 19.7 Å². The van der Waals surface area contributed by atoms with E-state index in [1.54, 1.807) is 35.5 Å². The van der Waals surface area contributed by atoms with Crippen molar-refractivity contribution >= 4 is 29.2 Å². The fourth-order valence-corrected chi connectivity index (χ4v) is 3.63. The first-order chi connectivity index (χ1) is 15.3. The van der Waals surface area contributed by atoms with E-state index in [1.165, 1.54) is 32.4 Å². The number of carbonyl (C=O) groups is 2. The maximum atomic E-state index is 12.6. The summed E-state index contributed by atoms with van der Waals surface area (Å²) in [6.45, 7) is 0.463. The summed E-state index contributed by atoms with van der Waals surface area (Å²) >= 11 is 5.93. The van der Waals surface area contributed by atoms with Gasteiger partial charge in [-0.1, -0.05) is 35.9 Å². The Kier molecular flexibility index (Phi) is 7.27. The van der Waals surface area contributed by atoms with Crippen LogP contribution in [0, 0.1) is 10.1 Å². The van der Waals surface area contributed by atoms with Crippen LogP contribution in [0.25, 0.3) is 0 Å².